The molecular weight excluding hydrogens is 192 g/mol. The fourth-order valence-corrected chi connectivity index (χ4v) is 2.14. The Labute approximate surface area is 91.6 Å². The lowest BCUT2D eigenvalue weighted by Crippen LogP contribution is -2.57. The molecule has 1 rings (SSSR count). The van der Waals surface area contributed by atoms with Gasteiger partial charge in [0.2, 0.25) is 5.91 Å². The van der Waals surface area contributed by atoms with Crippen molar-refractivity contribution in [2.24, 2.45) is 0 Å². The number of piperidine rings is 1. The molecule has 1 heterocycles. The summed E-state index contributed by atoms with van der Waals surface area (Å²) in [5.41, 5.74) is -0.429. The van der Waals surface area contributed by atoms with Gasteiger partial charge in [0.25, 0.3) is 0 Å². The first-order valence-electron chi connectivity index (χ1n) is 5.64. The van der Waals surface area contributed by atoms with Gasteiger partial charge in [-0.1, -0.05) is 0 Å². The third-order valence-electron chi connectivity index (χ3n) is 2.98. The quantitative estimate of drug-likeness (QED) is 0.713. The van der Waals surface area contributed by atoms with Gasteiger partial charge in [-0.3, -0.25) is 4.79 Å². The van der Waals surface area contributed by atoms with E-state index < -0.39 is 11.6 Å². The fourth-order valence-electron chi connectivity index (χ4n) is 2.14. The van der Waals surface area contributed by atoms with Crippen LogP contribution in [-0.4, -0.2) is 47.7 Å². The van der Waals surface area contributed by atoms with Crippen LogP contribution in [0.1, 0.15) is 33.1 Å². The van der Waals surface area contributed by atoms with Gasteiger partial charge >= 0.3 is 0 Å². The predicted octanol–water partition coefficient (Wildman–Crippen LogP) is 0.358. The highest BCUT2D eigenvalue weighted by Gasteiger charge is 2.36. The Balaban J connectivity index is 2.57. The molecule has 4 heteroatoms. The minimum absolute atomic E-state index is 0.0862. The summed E-state index contributed by atoms with van der Waals surface area (Å²) in [7, 11) is 1.75. The Hall–Kier alpha value is -0.610. The largest absolute Gasteiger partial charge is 0.392 e. The van der Waals surface area contributed by atoms with Crippen molar-refractivity contribution in [3.8, 4) is 0 Å². The molecule has 15 heavy (non-hydrogen) atoms. The van der Waals surface area contributed by atoms with Gasteiger partial charge in [-0.2, -0.15) is 0 Å². The van der Waals surface area contributed by atoms with E-state index in [0.29, 0.717) is 6.54 Å². The van der Waals surface area contributed by atoms with Crippen LogP contribution < -0.4 is 5.32 Å². The zero-order valence-corrected chi connectivity index (χ0v) is 9.92. The van der Waals surface area contributed by atoms with Gasteiger partial charge in [0.15, 0.2) is 0 Å². The number of hydrogen-bond donors (Lipinski definition) is 2. The van der Waals surface area contributed by atoms with E-state index in [1.807, 2.05) is 6.92 Å². The lowest BCUT2D eigenvalue weighted by molar-refractivity contribution is -0.138. The molecule has 2 N–H and O–H groups in total. The van der Waals surface area contributed by atoms with Crippen molar-refractivity contribution in [1.29, 1.82) is 0 Å². The van der Waals surface area contributed by atoms with Gasteiger partial charge in [0.05, 0.1) is 11.6 Å². The highest BCUT2D eigenvalue weighted by atomic mass is 16.3. The summed E-state index contributed by atoms with van der Waals surface area (Å²) in [6, 6.07) is 0. The molecule has 1 aliphatic heterocycles. The molecule has 1 saturated heterocycles. The van der Waals surface area contributed by atoms with Crippen LogP contribution in [-0.2, 0) is 4.79 Å². The van der Waals surface area contributed by atoms with E-state index in [4.69, 9.17) is 0 Å². The Bertz CT molecular complexity index is 223. The number of hydrogen-bond acceptors (Lipinski definition) is 3. The zero-order valence-electron chi connectivity index (χ0n) is 9.92. The van der Waals surface area contributed by atoms with E-state index in [0.717, 1.165) is 25.8 Å². The van der Waals surface area contributed by atoms with Crippen molar-refractivity contribution in [3.05, 3.63) is 0 Å². The first-order valence-corrected chi connectivity index (χ1v) is 5.64. The second-order valence-corrected chi connectivity index (χ2v) is 4.75. The van der Waals surface area contributed by atoms with Crippen molar-refractivity contribution >= 4 is 5.91 Å². The van der Waals surface area contributed by atoms with Crippen LogP contribution in [0.4, 0.5) is 0 Å². The molecule has 4 nitrogen and oxygen atoms in total. The van der Waals surface area contributed by atoms with Crippen LogP contribution >= 0.6 is 0 Å². The summed E-state index contributed by atoms with van der Waals surface area (Å²) in [6.45, 7) is 4.95. The molecule has 0 aromatic rings. The number of carbonyl (C=O) groups is 1. The van der Waals surface area contributed by atoms with Gasteiger partial charge in [-0.15, -0.1) is 0 Å². The van der Waals surface area contributed by atoms with Gasteiger partial charge in [0.1, 0.15) is 0 Å². The number of aliphatic hydroxyl groups excluding tert-OH is 1. The van der Waals surface area contributed by atoms with Gasteiger partial charge in [-0.25, -0.2) is 0 Å². The molecule has 88 valence electrons. The molecular formula is C11H22N2O2. The number of likely N-dealkylation sites (N-methyl/N-ethyl adjacent to an activating group) is 1. The van der Waals surface area contributed by atoms with Crippen molar-refractivity contribution in [3.63, 3.8) is 0 Å². The number of nitrogens with one attached hydrogen (secondary N) is 1. The SMILES string of the molecule is CC(O)CN(C)C(=O)C1(C)CCCCN1. The average Bonchev–Trinajstić information content (AvgIpc) is 2.16. The predicted molar refractivity (Wildman–Crippen MR) is 59.6 cm³/mol. The molecule has 1 aliphatic rings. The summed E-state index contributed by atoms with van der Waals surface area (Å²) < 4.78 is 0. The molecule has 2 unspecified atom stereocenters. The number of aliphatic hydroxyl groups is 1. The Morgan fingerprint density at radius 2 is 2.27 bits per heavy atom. The summed E-state index contributed by atoms with van der Waals surface area (Å²) >= 11 is 0. The number of amides is 1. The standard InChI is InChI=1S/C11H22N2O2/c1-9(14)8-13(3)10(15)11(2)6-4-5-7-12-11/h9,12,14H,4-8H2,1-3H3. The molecule has 0 aromatic carbocycles. The third-order valence-corrected chi connectivity index (χ3v) is 2.98. The number of rotatable bonds is 3. The van der Waals surface area contributed by atoms with Crippen LogP contribution in [0.15, 0.2) is 0 Å². The maximum Gasteiger partial charge on any atom is 0.242 e. The van der Waals surface area contributed by atoms with Gasteiger partial charge in [0, 0.05) is 13.6 Å². The molecule has 0 spiro atoms. The molecule has 1 amide bonds. The number of carbonyl (C=O) groups excluding carboxylic acids is 1. The highest BCUT2D eigenvalue weighted by Crippen LogP contribution is 2.20. The normalized spacial score (nSPS) is 28.5. The average molecular weight is 214 g/mol. The van der Waals surface area contributed by atoms with Crippen LogP contribution in [0, 0.1) is 0 Å². The van der Waals surface area contributed by atoms with Crippen LogP contribution in [0.5, 0.6) is 0 Å². The van der Waals surface area contributed by atoms with Crippen LogP contribution in [0.25, 0.3) is 0 Å². The molecule has 0 saturated carbocycles. The summed E-state index contributed by atoms with van der Waals surface area (Å²) in [6.07, 6.45) is 2.66. The smallest absolute Gasteiger partial charge is 0.242 e. The van der Waals surface area contributed by atoms with Gasteiger partial charge < -0.3 is 15.3 Å². The van der Waals surface area contributed by atoms with E-state index in [2.05, 4.69) is 5.32 Å². The fraction of sp³-hybridized carbons (Fsp3) is 0.909. The van der Waals surface area contributed by atoms with Crippen molar-refractivity contribution < 1.29 is 9.90 Å². The summed E-state index contributed by atoms with van der Waals surface area (Å²) in [5, 5.41) is 12.5. The van der Waals surface area contributed by atoms with E-state index in [1.54, 1.807) is 18.9 Å². The van der Waals surface area contributed by atoms with E-state index in [1.165, 1.54) is 0 Å². The number of nitrogens with zero attached hydrogens (tertiary/aromatic N) is 1. The first kappa shape index (κ1) is 12.5. The third kappa shape index (κ3) is 3.18. The lowest BCUT2D eigenvalue weighted by atomic mass is 9.89. The topological polar surface area (TPSA) is 52.6 Å². The maximum atomic E-state index is 12.1. The van der Waals surface area contributed by atoms with Gasteiger partial charge in [-0.05, 0) is 39.7 Å². The molecule has 0 aromatic heterocycles. The molecule has 0 aliphatic carbocycles. The van der Waals surface area contributed by atoms with E-state index in [-0.39, 0.29) is 5.91 Å². The van der Waals surface area contributed by atoms with Crippen molar-refractivity contribution in [1.82, 2.24) is 10.2 Å². The Kier molecular flexibility index (Phi) is 4.11. The molecule has 0 radical (unpaired) electrons. The lowest BCUT2D eigenvalue weighted by Gasteiger charge is -2.37. The van der Waals surface area contributed by atoms with Crippen molar-refractivity contribution in [2.75, 3.05) is 20.1 Å². The Morgan fingerprint density at radius 3 is 2.73 bits per heavy atom. The summed E-state index contributed by atoms with van der Waals surface area (Å²) in [4.78, 5) is 13.7. The second-order valence-electron chi connectivity index (χ2n) is 4.75. The molecule has 2 atom stereocenters. The van der Waals surface area contributed by atoms with E-state index in [9.17, 15) is 9.90 Å². The first-order chi connectivity index (χ1) is 6.96. The minimum atomic E-state index is -0.467. The monoisotopic (exact) mass is 214 g/mol. The van der Waals surface area contributed by atoms with Crippen molar-refractivity contribution in [2.45, 2.75) is 44.8 Å². The zero-order chi connectivity index (χ0) is 11.5. The van der Waals surface area contributed by atoms with E-state index >= 15 is 0 Å². The molecule has 0 bridgehead atoms. The minimum Gasteiger partial charge on any atom is -0.392 e. The summed E-state index contributed by atoms with van der Waals surface area (Å²) in [5.74, 6) is 0.0862. The van der Waals surface area contributed by atoms with Crippen LogP contribution in [0.2, 0.25) is 0 Å². The van der Waals surface area contributed by atoms with Crippen LogP contribution in [0.3, 0.4) is 0 Å². The second kappa shape index (κ2) is 4.94. The Morgan fingerprint density at radius 1 is 1.60 bits per heavy atom. The molecule has 1 fully saturated rings. The highest BCUT2D eigenvalue weighted by molar-refractivity contribution is 5.85. The maximum absolute atomic E-state index is 12.1.